The number of guanidine groups is 1. The highest BCUT2D eigenvalue weighted by Gasteiger charge is 2.17. The third-order valence-corrected chi connectivity index (χ3v) is 4.51. The number of aliphatic hydroxyl groups excluding tert-OH is 1. The van der Waals surface area contributed by atoms with Crippen LogP contribution < -0.4 is 10.6 Å². The number of likely N-dealkylation sites (tertiary alicyclic amines) is 1. The fraction of sp³-hybridized carbons (Fsp3) is 0.611. The number of hydrogen-bond acceptors (Lipinski definition) is 3. The summed E-state index contributed by atoms with van der Waals surface area (Å²) in [6, 6.07) is 10.1. The smallest absolute Gasteiger partial charge is 0.191 e. The molecule has 5 heteroatoms. The standard InChI is InChI=1S/C18H30N4O/c1-19-18(20-11-15-7-6-10-22(2)13-15)21-12-17(14-23)16-8-4-3-5-9-16/h3-5,8-9,15,17,23H,6-7,10-14H2,1-2H3,(H2,19,20,21). The van der Waals surface area contributed by atoms with Gasteiger partial charge in [0.15, 0.2) is 5.96 Å². The van der Waals surface area contributed by atoms with Crippen LogP contribution in [0.15, 0.2) is 35.3 Å². The van der Waals surface area contributed by atoms with Crippen LogP contribution in [0.5, 0.6) is 0 Å². The molecule has 5 nitrogen and oxygen atoms in total. The van der Waals surface area contributed by atoms with Gasteiger partial charge in [-0.25, -0.2) is 0 Å². The molecule has 2 unspecified atom stereocenters. The summed E-state index contributed by atoms with van der Waals surface area (Å²) in [6.07, 6.45) is 2.55. The minimum absolute atomic E-state index is 0.0792. The van der Waals surface area contributed by atoms with E-state index in [1.807, 2.05) is 18.2 Å². The molecule has 0 radical (unpaired) electrons. The number of aliphatic hydroxyl groups is 1. The second-order valence-electron chi connectivity index (χ2n) is 6.39. The second kappa shape index (κ2) is 9.53. The molecule has 3 N–H and O–H groups in total. The number of nitrogens with zero attached hydrogens (tertiary/aromatic N) is 2. The summed E-state index contributed by atoms with van der Waals surface area (Å²) in [7, 11) is 3.98. The van der Waals surface area contributed by atoms with Crippen LogP contribution in [-0.2, 0) is 0 Å². The lowest BCUT2D eigenvalue weighted by atomic mass is 9.98. The van der Waals surface area contributed by atoms with Crippen molar-refractivity contribution in [2.45, 2.75) is 18.8 Å². The van der Waals surface area contributed by atoms with Crippen molar-refractivity contribution in [3.05, 3.63) is 35.9 Å². The molecule has 2 atom stereocenters. The van der Waals surface area contributed by atoms with E-state index in [9.17, 15) is 5.11 Å². The molecule has 23 heavy (non-hydrogen) atoms. The summed E-state index contributed by atoms with van der Waals surface area (Å²) in [6.45, 7) is 4.09. The average molecular weight is 318 g/mol. The Morgan fingerprint density at radius 1 is 1.35 bits per heavy atom. The Morgan fingerprint density at radius 3 is 2.78 bits per heavy atom. The van der Waals surface area contributed by atoms with E-state index >= 15 is 0 Å². The van der Waals surface area contributed by atoms with Gasteiger partial charge < -0.3 is 20.6 Å². The van der Waals surface area contributed by atoms with Crippen molar-refractivity contribution < 1.29 is 5.11 Å². The molecule has 0 aromatic heterocycles. The number of benzene rings is 1. The molecule has 128 valence electrons. The van der Waals surface area contributed by atoms with Crippen LogP contribution in [0.1, 0.15) is 24.3 Å². The maximum absolute atomic E-state index is 9.62. The molecule has 0 aliphatic carbocycles. The van der Waals surface area contributed by atoms with Gasteiger partial charge in [0.1, 0.15) is 0 Å². The van der Waals surface area contributed by atoms with Crippen molar-refractivity contribution in [2.75, 3.05) is 46.9 Å². The molecule has 1 aromatic carbocycles. The first kappa shape index (κ1) is 17.8. The SMILES string of the molecule is CN=C(NCC1CCCN(C)C1)NCC(CO)c1ccccc1. The van der Waals surface area contributed by atoms with E-state index in [0.29, 0.717) is 12.5 Å². The topological polar surface area (TPSA) is 59.9 Å². The van der Waals surface area contributed by atoms with Gasteiger partial charge in [-0.3, -0.25) is 4.99 Å². The van der Waals surface area contributed by atoms with Gasteiger partial charge in [0.2, 0.25) is 0 Å². The van der Waals surface area contributed by atoms with Crippen molar-refractivity contribution in [1.29, 1.82) is 0 Å². The third-order valence-electron chi connectivity index (χ3n) is 4.51. The fourth-order valence-corrected chi connectivity index (χ4v) is 3.13. The zero-order valence-electron chi connectivity index (χ0n) is 14.3. The number of hydrogen-bond donors (Lipinski definition) is 3. The molecule has 0 saturated carbocycles. The van der Waals surface area contributed by atoms with Crippen LogP contribution in [0.25, 0.3) is 0 Å². The molecule has 1 aliphatic rings. The number of rotatable bonds is 6. The van der Waals surface area contributed by atoms with Crippen molar-refractivity contribution >= 4 is 5.96 Å². The highest BCUT2D eigenvalue weighted by atomic mass is 16.3. The Balaban J connectivity index is 1.78. The molecule has 0 amide bonds. The van der Waals surface area contributed by atoms with Gasteiger partial charge in [0.25, 0.3) is 0 Å². The summed E-state index contributed by atoms with van der Waals surface area (Å²) in [5.41, 5.74) is 1.15. The first-order valence-electron chi connectivity index (χ1n) is 8.51. The van der Waals surface area contributed by atoms with E-state index in [-0.39, 0.29) is 12.5 Å². The zero-order valence-corrected chi connectivity index (χ0v) is 14.3. The third kappa shape index (κ3) is 5.84. The molecule has 1 fully saturated rings. The Hall–Kier alpha value is -1.59. The van der Waals surface area contributed by atoms with Crippen LogP contribution in [-0.4, -0.2) is 62.8 Å². The van der Waals surface area contributed by atoms with E-state index < -0.39 is 0 Å². The van der Waals surface area contributed by atoms with Crippen LogP contribution >= 0.6 is 0 Å². The van der Waals surface area contributed by atoms with Gasteiger partial charge >= 0.3 is 0 Å². The number of nitrogens with one attached hydrogen (secondary N) is 2. The van der Waals surface area contributed by atoms with E-state index in [1.54, 1.807) is 7.05 Å². The Kier molecular flexibility index (Phi) is 7.36. The maximum Gasteiger partial charge on any atom is 0.191 e. The lowest BCUT2D eigenvalue weighted by Gasteiger charge is -2.30. The summed E-state index contributed by atoms with van der Waals surface area (Å²) >= 11 is 0. The number of piperidine rings is 1. The van der Waals surface area contributed by atoms with Gasteiger partial charge in [-0.15, -0.1) is 0 Å². The summed E-state index contributed by atoms with van der Waals surface area (Å²) < 4.78 is 0. The highest BCUT2D eigenvalue weighted by Crippen LogP contribution is 2.14. The molecule has 0 bridgehead atoms. The largest absolute Gasteiger partial charge is 0.396 e. The quantitative estimate of drug-likeness (QED) is 0.546. The molecule has 1 heterocycles. The molecular formula is C18H30N4O. The molecule has 2 rings (SSSR count). The predicted octanol–water partition coefficient (Wildman–Crippen LogP) is 1.27. The lowest BCUT2D eigenvalue weighted by molar-refractivity contribution is 0.210. The van der Waals surface area contributed by atoms with E-state index in [4.69, 9.17) is 0 Å². The fourth-order valence-electron chi connectivity index (χ4n) is 3.13. The molecular weight excluding hydrogens is 288 g/mol. The van der Waals surface area contributed by atoms with Crippen molar-refractivity contribution in [2.24, 2.45) is 10.9 Å². The Labute approximate surface area is 139 Å². The maximum atomic E-state index is 9.62. The van der Waals surface area contributed by atoms with Crippen molar-refractivity contribution in [3.63, 3.8) is 0 Å². The second-order valence-corrected chi connectivity index (χ2v) is 6.39. The van der Waals surface area contributed by atoms with Gasteiger partial charge in [0.05, 0.1) is 6.61 Å². The minimum Gasteiger partial charge on any atom is -0.396 e. The first-order valence-corrected chi connectivity index (χ1v) is 8.51. The Morgan fingerprint density at radius 2 is 2.13 bits per heavy atom. The van der Waals surface area contributed by atoms with Crippen molar-refractivity contribution in [3.8, 4) is 0 Å². The minimum atomic E-state index is 0.0792. The first-order chi connectivity index (χ1) is 11.2. The molecule has 0 spiro atoms. The van der Waals surface area contributed by atoms with E-state index in [0.717, 1.165) is 24.6 Å². The summed E-state index contributed by atoms with van der Waals surface area (Å²) in [5, 5.41) is 16.4. The van der Waals surface area contributed by atoms with Crippen LogP contribution in [0.3, 0.4) is 0 Å². The molecule has 1 aromatic rings. The predicted molar refractivity (Wildman–Crippen MR) is 95.9 cm³/mol. The van der Waals surface area contributed by atoms with E-state index in [1.165, 1.54) is 19.4 Å². The van der Waals surface area contributed by atoms with Gasteiger partial charge in [-0.05, 0) is 37.9 Å². The van der Waals surface area contributed by atoms with Crippen molar-refractivity contribution in [1.82, 2.24) is 15.5 Å². The zero-order chi connectivity index (χ0) is 16.5. The normalized spacial score (nSPS) is 21.0. The molecule has 1 aliphatic heterocycles. The van der Waals surface area contributed by atoms with E-state index in [2.05, 4.69) is 39.7 Å². The van der Waals surface area contributed by atoms with Crippen LogP contribution in [0, 0.1) is 5.92 Å². The summed E-state index contributed by atoms with van der Waals surface area (Å²) in [5.74, 6) is 1.57. The van der Waals surface area contributed by atoms with Gasteiger partial charge in [-0.2, -0.15) is 0 Å². The van der Waals surface area contributed by atoms with Crippen LogP contribution in [0.4, 0.5) is 0 Å². The van der Waals surface area contributed by atoms with Gasteiger partial charge in [-0.1, -0.05) is 30.3 Å². The Bertz CT molecular complexity index is 477. The summed E-state index contributed by atoms with van der Waals surface area (Å²) in [4.78, 5) is 6.68. The average Bonchev–Trinajstić information content (AvgIpc) is 2.59. The van der Waals surface area contributed by atoms with Crippen LogP contribution in [0.2, 0.25) is 0 Å². The molecule has 1 saturated heterocycles. The monoisotopic (exact) mass is 318 g/mol. The number of aliphatic imine (C=N–C) groups is 1. The van der Waals surface area contributed by atoms with Gasteiger partial charge in [0, 0.05) is 32.6 Å². The highest BCUT2D eigenvalue weighted by molar-refractivity contribution is 5.79. The lowest BCUT2D eigenvalue weighted by Crippen LogP contribution is -2.44.